The molecule has 11 nitrogen and oxygen atoms in total. The first kappa shape index (κ1) is 39.7. The number of alkyl halides is 1. The van der Waals surface area contributed by atoms with Crippen molar-refractivity contribution in [3.05, 3.63) is 89.5 Å². The minimum absolute atomic E-state index is 0.0354. The van der Waals surface area contributed by atoms with Crippen LogP contribution in [0.25, 0.3) is 33.5 Å². The Morgan fingerprint density at radius 2 is 1.72 bits per heavy atom. The van der Waals surface area contributed by atoms with Crippen molar-refractivity contribution in [2.24, 2.45) is 5.92 Å². The number of hydrogen-bond donors (Lipinski definition) is 2. The van der Waals surface area contributed by atoms with Gasteiger partial charge in [0, 0.05) is 48.6 Å². The molecule has 0 bridgehead atoms. The molecule has 4 heterocycles. The fourth-order valence-corrected chi connectivity index (χ4v) is 8.08. The fraction of sp³-hybridized carbons (Fsp3) is 0.442. The molecule has 0 aliphatic carbocycles. The highest BCUT2D eigenvalue weighted by atomic mass is 19.1. The van der Waals surface area contributed by atoms with Crippen LogP contribution in [0.2, 0.25) is 0 Å². The van der Waals surface area contributed by atoms with E-state index in [1.54, 1.807) is 37.8 Å². The number of nitrogens with zero attached hydrogens (tertiary/aromatic N) is 4. The lowest BCUT2D eigenvalue weighted by atomic mass is 10.00. The first-order valence-corrected chi connectivity index (χ1v) is 19.5. The SMILES string of the molecule is CC(C)[C@H](NC(=O)OC(C)(C)C)C(=O)N1CCC[C@H]1Cn1c(-c2[nH]c3cc(F)ccc3c2C[C@@H]2C[C@H](F)CN2C(=O)OCc2ccccc2)nc2cc(F)ccc21. The van der Waals surface area contributed by atoms with E-state index in [2.05, 4.69) is 10.3 Å². The molecule has 0 saturated carbocycles. The number of fused-ring (bicyclic) bond motifs is 2. The van der Waals surface area contributed by atoms with Crippen LogP contribution in [0.15, 0.2) is 66.7 Å². The molecule has 3 aromatic carbocycles. The van der Waals surface area contributed by atoms with Gasteiger partial charge in [-0.3, -0.25) is 4.79 Å². The van der Waals surface area contributed by atoms with E-state index in [4.69, 9.17) is 14.5 Å². The summed E-state index contributed by atoms with van der Waals surface area (Å²) in [5.41, 5.74) is 2.71. The Hall–Kier alpha value is -5.53. The standard InChI is InChI=1S/C43H49F3N6O5/c1-25(2)37(49-41(54)57-43(3,4)5)40(53)50-17-9-12-30(50)23-52-36-16-14-28(45)20-35(36)48-39(52)38-33(32-15-13-27(44)19-34(32)47-38)21-31-18-29(46)22-51(31)42(55)56-24-26-10-7-6-8-11-26/h6-8,10-11,13-16,19-20,25,29-31,37,47H,9,12,17-18,21-24H2,1-5H3,(H,49,54)/t29-,30-,31-,37-/m0/s1. The maximum absolute atomic E-state index is 15.2. The number of hydrogen-bond acceptors (Lipinski definition) is 6. The number of amides is 3. The van der Waals surface area contributed by atoms with E-state index >= 15 is 4.39 Å². The molecule has 2 aliphatic rings. The van der Waals surface area contributed by atoms with Crippen molar-refractivity contribution in [2.45, 2.75) is 103 Å². The summed E-state index contributed by atoms with van der Waals surface area (Å²) in [4.78, 5) is 51.9. The van der Waals surface area contributed by atoms with Crippen LogP contribution in [0.4, 0.5) is 22.8 Å². The number of H-pyrrole nitrogens is 1. The third-order valence-corrected chi connectivity index (χ3v) is 10.7. The summed E-state index contributed by atoms with van der Waals surface area (Å²) >= 11 is 0. The van der Waals surface area contributed by atoms with E-state index in [9.17, 15) is 23.2 Å². The summed E-state index contributed by atoms with van der Waals surface area (Å²) in [6.45, 7) is 9.64. The molecule has 4 atom stereocenters. The molecule has 302 valence electrons. The molecule has 2 saturated heterocycles. The van der Waals surface area contributed by atoms with Gasteiger partial charge in [0.2, 0.25) is 5.91 Å². The second-order valence-electron chi connectivity index (χ2n) is 16.4. The van der Waals surface area contributed by atoms with Crippen molar-refractivity contribution in [2.75, 3.05) is 13.1 Å². The van der Waals surface area contributed by atoms with Crippen LogP contribution in [0.1, 0.15) is 65.0 Å². The Labute approximate surface area is 329 Å². The van der Waals surface area contributed by atoms with Gasteiger partial charge in [-0.25, -0.2) is 27.7 Å². The average Bonchev–Trinajstić information content (AvgIpc) is 3.93. The average molecular weight is 787 g/mol. The largest absolute Gasteiger partial charge is 0.445 e. The zero-order valence-corrected chi connectivity index (χ0v) is 32.9. The van der Waals surface area contributed by atoms with Crippen LogP contribution < -0.4 is 5.32 Å². The number of alkyl carbamates (subject to hydrolysis) is 1. The number of aromatic nitrogens is 3. The second kappa shape index (κ2) is 16.1. The van der Waals surface area contributed by atoms with Crippen molar-refractivity contribution in [1.29, 1.82) is 0 Å². The normalized spacial score (nSPS) is 19.1. The van der Waals surface area contributed by atoms with Gasteiger partial charge in [0.15, 0.2) is 5.82 Å². The van der Waals surface area contributed by atoms with Crippen LogP contribution >= 0.6 is 0 Å². The number of benzene rings is 3. The number of nitrogens with one attached hydrogen (secondary N) is 2. The highest BCUT2D eigenvalue weighted by Crippen LogP contribution is 2.37. The summed E-state index contributed by atoms with van der Waals surface area (Å²) in [7, 11) is 0. The highest BCUT2D eigenvalue weighted by molar-refractivity contribution is 5.92. The summed E-state index contributed by atoms with van der Waals surface area (Å²) in [6, 6.07) is 16.2. The van der Waals surface area contributed by atoms with Gasteiger partial charge in [-0.15, -0.1) is 0 Å². The van der Waals surface area contributed by atoms with Crippen molar-refractivity contribution in [3.8, 4) is 11.5 Å². The van der Waals surface area contributed by atoms with Gasteiger partial charge in [0.25, 0.3) is 0 Å². The Morgan fingerprint density at radius 3 is 2.46 bits per heavy atom. The minimum atomic E-state index is -1.27. The third kappa shape index (κ3) is 8.74. The lowest BCUT2D eigenvalue weighted by Gasteiger charge is -2.32. The zero-order chi connectivity index (χ0) is 40.6. The fourth-order valence-electron chi connectivity index (χ4n) is 8.08. The molecule has 5 aromatic rings. The quantitative estimate of drug-likeness (QED) is 0.147. The van der Waals surface area contributed by atoms with E-state index in [0.29, 0.717) is 52.0 Å². The molecule has 2 aliphatic heterocycles. The molecule has 2 aromatic heterocycles. The predicted octanol–water partition coefficient (Wildman–Crippen LogP) is 8.29. The Morgan fingerprint density at radius 1 is 0.982 bits per heavy atom. The van der Waals surface area contributed by atoms with Gasteiger partial charge in [-0.1, -0.05) is 44.2 Å². The molecule has 0 unspecified atom stereocenters. The monoisotopic (exact) mass is 786 g/mol. The maximum atomic E-state index is 15.2. The number of carbonyl (C=O) groups excluding carboxylic acids is 3. The van der Waals surface area contributed by atoms with Crippen LogP contribution in [0.3, 0.4) is 0 Å². The lowest BCUT2D eigenvalue weighted by Crippen LogP contribution is -2.53. The molecule has 2 N–H and O–H groups in total. The van der Waals surface area contributed by atoms with Gasteiger partial charge in [-0.2, -0.15) is 0 Å². The van der Waals surface area contributed by atoms with Crippen LogP contribution in [-0.4, -0.2) is 85.4 Å². The molecule has 2 fully saturated rings. The molecule has 14 heteroatoms. The Kier molecular flexibility index (Phi) is 11.2. The van der Waals surface area contributed by atoms with E-state index in [1.807, 2.05) is 48.7 Å². The van der Waals surface area contributed by atoms with Crippen molar-refractivity contribution in [1.82, 2.24) is 29.7 Å². The third-order valence-electron chi connectivity index (χ3n) is 10.7. The molecule has 0 radical (unpaired) electrons. The van der Waals surface area contributed by atoms with Gasteiger partial charge in [0.05, 0.1) is 23.3 Å². The molecular formula is C43H49F3N6O5. The van der Waals surface area contributed by atoms with Crippen molar-refractivity contribution >= 4 is 40.0 Å². The van der Waals surface area contributed by atoms with Crippen molar-refractivity contribution in [3.63, 3.8) is 0 Å². The summed E-state index contributed by atoms with van der Waals surface area (Å²) < 4.78 is 57.6. The smallest absolute Gasteiger partial charge is 0.410 e. The number of rotatable bonds is 10. The first-order valence-electron chi connectivity index (χ1n) is 19.5. The number of aromatic amines is 1. The summed E-state index contributed by atoms with van der Waals surface area (Å²) in [5.74, 6) is -0.996. The highest BCUT2D eigenvalue weighted by Gasteiger charge is 2.39. The topological polar surface area (TPSA) is 122 Å². The van der Waals surface area contributed by atoms with E-state index < -0.39 is 47.7 Å². The molecule has 7 rings (SSSR count). The van der Waals surface area contributed by atoms with Gasteiger partial charge in [-0.05, 0) is 87.4 Å². The second-order valence-corrected chi connectivity index (χ2v) is 16.4. The zero-order valence-electron chi connectivity index (χ0n) is 32.9. The molecule has 0 spiro atoms. The molecule has 57 heavy (non-hydrogen) atoms. The summed E-state index contributed by atoms with van der Waals surface area (Å²) in [5, 5.41) is 3.45. The number of ether oxygens (including phenoxy) is 2. The van der Waals surface area contributed by atoms with E-state index in [1.165, 1.54) is 29.2 Å². The Balaban J connectivity index is 1.23. The molecular weight excluding hydrogens is 738 g/mol. The number of imidazole rings is 1. The first-order chi connectivity index (χ1) is 27.1. The number of likely N-dealkylation sites (tertiary alicyclic amines) is 2. The van der Waals surface area contributed by atoms with Gasteiger partial charge < -0.3 is 34.1 Å². The molecule has 3 amide bonds. The lowest BCUT2D eigenvalue weighted by molar-refractivity contribution is -0.135. The van der Waals surface area contributed by atoms with Crippen LogP contribution in [0, 0.1) is 17.6 Å². The Bertz CT molecular complexity index is 2270. The van der Waals surface area contributed by atoms with Gasteiger partial charge >= 0.3 is 12.2 Å². The number of halogens is 3. The van der Waals surface area contributed by atoms with Gasteiger partial charge in [0.1, 0.15) is 36.1 Å². The van der Waals surface area contributed by atoms with Crippen LogP contribution in [0.5, 0.6) is 0 Å². The van der Waals surface area contributed by atoms with E-state index in [-0.39, 0.29) is 50.4 Å². The number of carbonyl (C=O) groups is 3. The minimum Gasteiger partial charge on any atom is -0.445 e. The van der Waals surface area contributed by atoms with E-state index in [0.717, 1.165) is 12.0 Å². The maximum Gasteiger partial charge on any atom is 0.410 e. The predicted molar refractivity (Wildman–Crippen MR) is 210 cm³/mol. The van der Waals surface area contributed by atoms with Crippen LogP contribution in [-0.2, 0) is 33.8 Å². The summed E-state index contributed by atoms with van der Waals surface area (Å²) in [6.07, 6.45) is -0.933. The van der Waals surface area contributed by atoms with Crippen molar-refractivity contribution < 1.29 is 37.0 Å².